The van der Waals surface area contributed by atoms with Crippen LogP contribution in [0.25, 0.3) is 0 Å². The van der Waals surface area contributed by atoms with Crippen LogP contribution in [-0.4, -0.2) is 19.2 Å². The second kappa shape index (κ2) is 16.4. The Labute approximate surface area is 173 Å². The molecule has 0 bridgehead atoms. The topological polar surface area (TPSA) is 35.5 Å². The van der Waals surface area contributed by atoms with Gasteiger partial charge in [0.15, 0.2) is 0 Å². The van der Waals surface area contributed by atoms with Gasteiger partial charge in [0.1, 0.15) is 19.0 Å². The molecule has 160 valence electrons. The fourth-order valence-corrected chi connectivity index (χ4v) is 3.40. The SMILES string of the molecule is CCCCCCCCCc1ccc(OCCOC(=O)C(CC)CCCC)cc1. The summed E-state index contributed by atoms with van der Waals surface area (Å²) in [6.45, 7) is 7.18. The van der Waals surface area contributed by atoms with Gasteiger partial charge in [-0.25, -0.2) is 0 Å². The van der Waals surface area contributed by atoms with E-state index in [1.165, 1.54) is 50.5 Å². The normalized spacial score (nSPS) is 12.0. The van der Waals surface area contributed by atoms with E-state index in [1.54, 1.807) is 0 Å². The van der Waals surface area contributed by atoms with Gasteiger partial charge in [-0.1, -0.05) is 84.3 Å². The summed E-state index contributed by atoms with van der Waals surface area (Å²) in [4.78, 5) is 12.1. The minimum atomic E-state index is -0.0791. The highest BCUT2D eigenvalue weighted by Gasteiger charge is 2.17. The molecule has 0 aliphatic rings. The molecular formula is C25H42O3. The Kier molecular flexibility index (Phi) is 14.4. The lowest BCUT2D eigenvalue weighted by Gasteiger charge is -2.14. The number of carbonyl (C=O) groups excluding carboxylic acids is 1. The number of rotatable bonds is 17. The van der Waals surface area contributed by atoms with Crippen molar-refractivity contribution in [2.45, 2.75) is 97.8 Å². The average Bonchev–Trinajstić information content (AvgIpc) is 2.72. The molecule has 1 aromatic rings. The Bertz CT molecular complexity index is 495. The number of hydrogen-bond acceptors (Lipinski definition) is 3. The Balaban J connectivity index is 2.15. The van der Waals surface area contributed by atoms with E-state index in [9.17, 15) is 4.79 Å². The van der Waals surface area contributed by atoms with Crippen LogP contribution in [0.15, 0.2) is 24.3 Å². The quantitative estimate of drug-likeness (QED) is 0.210. The third-order valence-corrected chi connectivity index (χ3v) is 5.32. The number of unbranched alkanes of at least 4 members (excludes halogenated alkanes) is 7. The zero-order valence-corrected chi connectivity index (χ0v) is 18.5. The van der Waals surface area contributed by atoms with E-state index in [0.29, 0.717) is 13.2 Å². The maximum absolute atomic E-state index is 12.1. The fraction of sp³-hybridized carbons (Fsp3) is 0.720. The van der Waals surface area contributed by atoms with Gasteiger partial charge in [0.05, 0.1) is 5.92 Å². The lowest BCUT2D eigenvalue weighted by Crippen LogP contribution is -2.20. The second-order valence-electron chi connectivity index (χ2n) is 7.78. The minimum absolute atomic E-state index is 0.0332. The first-order valence-corrected chi connectivity index (χ1v) is 11.6. The Morgan fingerprint density at radius 3 is 2.11 bits per heavy atom. The molecule has 0 aliphatic carbocycles. The minimum Gasteiger partial charge on any atom is -0.490 e. The van der Waals surface area contributed by atoms with Crippen molar-refractivity contribution in [2.24, 2.45) is 5.92 Å². The maximum Gasteiger partial charge on any atom is 0.309 e. The van der Waals surface area contributed by atoms with Crippen molar-refractivity contribution in [2.75, 3.05) is 13.2 Å². The number of esters is 1. The van der Waals surface area contributed by atoms with Crippen molar-refractivity contribution >= 4 is 5.97 Å². The summed E-state index contributed by atoms with van der Waals surface area (Å²) in [5, 5.41) is 0. The molecule has 0 radical (unpaired) electrons. The molecule has 1 rings (SSSR count). The molecule has 0 heterocycles. The summed E-state index contributed by atoms with van der Waals surface area (Å²) in [6.07, 6.45) is 14.5. The van der Waals surface area contributed by atoms with Crippen LogP contribution in [0.2, 0.25) is 0 Å². The first-order valence-electron chi connectivity index (χ1n) is 11.6. The molecule has 1 aromatic carbocycles. The van der Waals surface area contributed by atoms with Crippen LogP contribution in [0.1, 0.15) is 97.0 Å². The maximum atomic E-state index is 12.1. The van der Waals surface area contributed by atoms with E-state index in [1.807, 2.05) is 19.1 Å². The third kappa shape index (κ3) is 11.4. The van der Waals surface area contributed by atoms with E-state index in [-0.39, 0.29) is 11.9 Å². The highest BCUT2D eigenvalue weighted by molar-refractivity contribution is 5.72. The zero-order valence-electron chi connectivity index (χ0n) is 18.5. The second-order valence-corrected chi connectivity index (χ2v) is 7.78. The van der Waals surface area contributed by atoms with Gasteiger partial charge in [-0.15, -0.1) is 0 Å². The van der Waals surface area contributed by atoms with Crippen LogP contribution in [-0.2, 0) is 16.0 Å². The van der Waals surface area contributed by atoms with E-state index in [4.69, 9.17) is 9.47 Å². The molecule has 28 heavy (non-hydrogen) atoms. The molecule has 0 spiro atoms. The van der Waals surface area contributed by atoms with Crippen LogP contribution >= 0.6 is 0 Å². The average molecular weight is 391 g/mol. The molecule has 1 unspecified atom stereocenters. The highest BCUT2D eigenvalue weighted by atomic mass is 16.6. The summed E-state index contributed by atoms with van der Waals surface area (Å²) in [6, 6.07) is 8.34. The van der Waals surface area contributed by atoms with Crippen LogP contribution in [0, 0.1) is 5.92 Å². The molecule has 3 heteroatoms. The van der Waals surface area contributed by atoms with Crippen LogP contribution < -0.4 is 4.74 Å². The van der Waals surface area contributed by atoms with Gasteiger partial charge in [0.25, 0.3) is 0 Å². The fourth-order valence-electron chi connectivity index (χ4n) is 3.40. The number of hydrogen-bond donors (Lipinski definition) is 0. The molecule has 0 amide bonds. The molecule has 0 saturated carbocycles. The Hall–Kier alpha value is -1.51. The number of carbonyl (C=O) groups is 1. The summed E-state index contributed by atoms with van der Waals surface area (Å²) in [5.74, 6) is 0.799. The van der Waals surface area contributed by atoms with Crippen molar-refractivity contribution in [3.63, 3.8) is 0 Å². The van der Waals surface area contributed by atoms with Crippen LogP contribution in [0.4, 0.5) is 0 Å². The Morgan fingerprint density at radius 2 is 1.46 bits per heavy atom. The van der Waals surface area contributed by atoms with E-state index < -0.39 is 0 Å². The standard InChI is InChI=1S/C25H42O3/c1-4-7-9-10-11-12-13-14-22-16-18-24(19-17-22)27-20-21-28-25(26)23(6-3)15-8-5-2/h16-19,23H,4-15,20-21H2,1-3H3. The summed E-state index contributed by atoms with van der Waals surface area (Å²) >= 11 is 0. The number of aryl methyl sites for hydroxylation is 1. The van der Waals surface area contributed by atoms with E-state index in [2.05, 4.69) is 26.0 Å². The molecule has 1 atom stereocenters. The zero-order chi connectivity index (χ0) is 20.5. The lowest BCUT2D eigenvalue weighted by atomic mass is 10.00. The molecule has 0 N–H and O–H groups in total. The van der Waals surface area contributed by atoms with Crippen molar-refractivity contribution in [1.29, 1.82) is 0 Å². The van der Waals surface area contributed by atoms with Crippen LogP contribution in [0.3, 0.4) is 0 Å². The predicted molar refractivity (Wildman–Crippen MR) is 118 cm³/mol. The first kappa shape index (κ1) is 24.5. The van der Waals surface area contributed by atoms with Gasteiger partial charge < -0.3 is 9.47 Å². The predicted octanol–water partition coefficient (Wildman–Crippen LogP) is 7.12. The number of benzene rings is 1. The molecule has 0 aliphatic heterocycles. The molecule has 3 nitrogen and oxygen atoms in total. The largest absolute Gasteiger partial charge is 0.490 e. The van der Waals surface area contributed by atoms with Gasteiger partial charge in [-0.2, -0.15) is 0 Å². The summed E-state index contributed by atoms with van der Waals surface area (Å²) < 4.78 is 11.1. The highest BCUT2D eigenvalue weighted by Crippen LogP contribution is 2.16. The molecule has 0 fully saturated rings. The van der Waals surface area contributed by atoms with Gasteiger partial charge in [-0.05, 0) is 43.4 Å². The van der Waals surface area contributed by atoms with E-state index in [0.717, 1.165) is 37.9 Å². The third-order valence-electron chi connectivity index (χ3n) is 5.32. The van der Waals surface area contributed by atoms with Crippen molar-refractivity contribution in [3.8, 4) is 5.75 Å². The monoisotopic (exact) mass is 390 g/mol. The van der Waals surface area contributed by atoms with Gasteiger partial charge >= 0.3 is 5.97 Å². The molecular weight excluding hydrogens is 348 g/mol. The summed E-state index contributed by atoms with van der Waals surface area (Å²) in [7, 11) is 0. The Morgan fingerprint density at radius 1 is 0.821 bits per heavy atom. The van der Waals surface area contributed by atoms with Gasteiger partial charge in [0.2, 0.25) is 0 Å². The van der Waals surface area contributed by atoms with Gasteiger partial charge in [-0.3, -0.25) is 4.79 Å². The molecule has 0 saturated heterocycles. The van der Waals surface area contributed by atoms with Crippen molar-refractivity contribution < 1.29 is 14.3 Å². The first-order chi connectivity index (χ1) is 13.7. The number of ether oxygens (including phenoxy) is 2. The van der Waals surface area contributed by atoms with Crippen molar-refractivity contribution in [3.05, 3.63) is 29.8 Å². The van der Waals surface area contributed by atoms with Crippen molar-refractivity contribution in [1.82, 2.24) is 0 Å². The lowest BCUT2D eigenvalue weighted by molar-refractivity contribution is -0.149. The summed E-state index contributed by atoms with van der Waals surface area (Å²) in [5.41, 5.74) is 1.37. The van der Waals surface area contributed by atoms with Crippen LogP contribution in [0.5, 0.6) is 5.75 Å². The van der Waals surface area contributed by atoms with E-state index >= 15 is 0 Å². The molecule has 0 aromatic heterocycles. The smallest absolute Gasteiger partial charge is 0.309 e. The van der Waals surface area contributed by atoms with Gasteiger partial charge in [0, 0.05) is 0 Å².